The molecule has 1 aliphatic heterocycles. The average Bonchev–Trinajstić information content (AvgIpc) is 3.15. The Hall–Kier alpha value is -2.90. The lowest BCUT2D eigenvalue weighted by molar-refractivity contribution is -0.127. The number of ether oxygens (including phenoxy) is 1. The van der Waals surface area contributed by atoms with Gasteiger partial charge in [0.25, 0.3) is 0 Å². The summed E-state index contributed by atoms with van der Waals surface area (Å²) >= 11 is 0. The molecule has 0 radical (unpaired) electrons. The molecule has 3 N–H and O–H groups in total. The second kappa shape index (κ2) is 11.3. The van der Waals surface area contributed by atoms with Crippen molar-refractivity contribution in [1.82, 2.24) is 16.0 Å². The fraction of sp³-hybridized carbons (Fsp3) is 0.600. The molecule has 1 aromatic carbocycles. The van der Waals surface area contributed by atoms with Crippen molar-refractivity contribution in [2.75, 3.05) is 6.54 Å². The highest BCUT2D eigenvalue weighted by Gasteiger charge is 2.41. The van der Waals surface area contributed by atoms with Gasteiger partial charge in [-0.3, -0.25) is 9.59 Å². The third kappa shape index (κ3) is 7.04. The van der Waals surface area contributed by atoms with Gasteiger partial charge in [-0.2, -0.15) is 0 Å². The highest BCUT2D eigenvalue weighted by molar-refractivity contribution is 5.88. The number of nitrogens with one attached hydrogen (secondary N) is 3. The summed E-state index contributed by atoms with van der Waals surface area (Å²) in [5, 5.41) is 8.16. The number of carbonyl (C=O) groups is 4. The van der Waals surface area contributed by atoms with Gasteiger partial charge in [0.1, 0.15) is 17.9 Å². The molecule has 180 valence electrons. The van der Waals surface area contributed by atoms with Crippen LogP contribution < -0.4 is 16.0 Å². The number of amides is 3. The van der Waals surface area contributed by atoms with Gasteiger partial charge in [-0.05, 0) is 50.0 Å². The molecule has 1 saturated carbocycles. The van der Waals surface area contributed by atoms with Gasteiger partial charge in [0.15, 0.2) is 0 Å². The Morgan fingerprint density at radius 1 is 1.21 bits per heavy atom. The summed E-state index contributed by atoms with van der Waals surface area (Å²) in [5.74, 6) is -0.695. The van der Waals surface area contributed by atoms with Crippen LogP contribution in [-0.4, -0.2) is 48.4 Å². The summed E-state index contributed by atoms with van der Waals surface area (Å²) in [6.45, 7) is 4.49. The molecular formula is C25H35N3O5. The van der Waals surface area contributed by atoms with Crippen molar-refractivity contribution in [1.29, 1.82) is 0 Å². The summed E-state index contributed by atoms with van der Waals surface area (Å²) in [7, 11) is 0. The monoisotopic (exact) mass is 457 g/mol. The van der Waals surface area contributed by atoms with Crippen molar-refractivity contribution in [3.63, 3.8) is 0 Å². The van der Waals surface area contributed by atoms with Gasteiger partial charge in [-0.15, -0.1) is 0 Å². The lowest BCUT2D eigenvalue weighted by Crippen LogP contribution is -2.53. The van der Waals surface area contributed by atoms with E-state index in [1.54, 1.807) is 0 Å². The van der Waals surface area contributed by atoms with Crippen molar-refractivity contribution in [2.24, 2.45) is 11.8 Å². The molecule has 1 heterocycles. The van der Waals surface area contributed by atoms with E-state index in [0.717, 1.165) is 24.8 Å². The van der Waals surface area contributed by atoms with Crippen LogP contribution in [-0.2, 0) is 25.5 Å². The van der Waals surface area contributed by atoms with Gasteiger partial charge in [-0.1, -0.05) is 44.2 Å². The molecule has 3 atom stereocenters. The van der Waals surface area contributed by atoms with Gasteiger partial charge < -0.3 is 25.5 Å². The lowest BCUT2D eigenvalue weighted by Gasteiger charge is -2.41. The molecule has 3 unspecified atom stereocenters. The average molecular weight is 458 g/mol. The fourth-order valence-corrected chi connectivity index (χ4v) is 4.53. The van der Waals surface area contributed by atoms with E-state index < -0.39 is 29.7 Å². The van der Waals surface area contributed by atoms with Crippen LogP contribution in [0.5, 0.6) is 0 Å². The van der Waals surface area contributed by atoms with E-state index in [0.29, 0.717) is 32.1 Å². The first-order valence-electron chi connectivity index (χ1n) is 11.9. The smallest absolute Gasteiger partial charge is 0.408 e. The maximum atomic E-state index is 12.9. The van der Waals surface area contributed by atoms with E-state index in [2.05, 4.69) is 16.0 Å². The van der Waals surface area contributed by atoms with E-state index in [1.165, 1.54) is 0 Å². The largest absolute Gasteiger partial charge is 0.443 e. The summed E-state index contributed by atoms with van der Waals surface area (Å²) in [6.07, 6.45) is 4.52. The Labute approximate surface area is 195 Å². The van der Waals surface area contributed by atoms with E-state index >= 15 is 0 Å². The third-order valence-electron chi connectivity index (χ3n) is 6.45. The van der Waals surface area contributed by atoms with Crippen molar-refractivity contribution < 1.29 is 23.9 Å². The zero-order chi connectivity index (χ0) is 23.8. The number of carbonyl (C=O) groups excluding carboxylic acids is 4. The van der Waals surface area contributed by atoms with Crippen LogP contribution >= 0.6 is 0 Å². The first kappa shape index (κ1) is 24.7. The van der Waals surface area contributed by atoms with Crippen LogP contribution in [0.3, 0.4) is 0 Å². The van der Waals surface area contributed by atoms with Crippen molar-refractivity contribution in [3.8, 4) is 0 Å². The normalized spacial score (nSPS) is 20.8. The fourth-order valence-electron chi connectivity index (χ4n) is 4.53. The first-order valence-corrected chi connectivity index (χ1v) is 11.9. The summed E-state index contributed by atoms with van der Waals surface area (Å²) < 4.78 is 5.84. The SMILES string of the molecule is CC(C)CC(NC(=O)OC1(Cc2ccccc2)CCC1)C(=O)NC(C=O)CC1CCNC1=O. The molecule has 0 spiro atoms. The number of aldehydes is 1. The minimum Gasteiger partial charge on any atom is -0.443 e. The molecular weight excluding hydrogens is 422 g/mol. The molecule has 2 fully saturated rings. The first-order chi connectivity index (χ1) is 15.8. The van der Waals surface area contributed by atoms with Crippen molar-refractivity contribution >= 4 is 24.2 Å². The second-order valence-corrected chi connectivity index (χ2v) is 9.68. The minimum absolute atomic E-state index is 0.0965. The number of hydrogen-bond donors (Lipinski definition) is 3. The number of rotatable bonds is 11. The van der Waals surface area contributed by atoms with Crippen LogP contribution in [0.4, 0.5) is 4.79 Å². The molecule has 1 saturated heterocycles. The number of benzene rings is 1. The van der Waals surface area contributed by atoms with Crippen molar-refractivity contribution in [2.45, 2.75) is 76.5 Å². The van der Waals surface area contributed by atoms with Gasteiger partial charge in [0.05, 0.1) is 6.04 Å². The molecule has 1 aliphatic carbocycles. The van der Waals surface area contributed by atoms with Gasteiger partial charge in [0, 0.05) is 18.9 Å². The molecule has 3 rings (SSSR count). The summed E-state index contributed by atoms with van der Waals surface area (Å²) in [5.41, 5.74) is 0.553. The lowest BCUT2D eigenvalue weighted by atomic mass is 9.76. The van der Waals surface area contributed by atoms with Crippen LogP contribution in [0.25, 0.3) is 0 Å². The van der Waals surface area contributed by atoms with E-state index in [-0.39, 0.29) is 24.2 Å². The third-order valence-corrected chi connectivity index (χ3v) is 6.45. The van der Waals surface area contributed by atoms with Crippen LogP contribution in [0.1, 0.15) is 57.9 Å². The predicted octanol–water partition coefficient (Wildman–Crippen LogP) is 2.50. The van der Waals surface area contributed by atoms with E-state index in [4.69, 9.17) is 4.74 Å². The van der Waals surface area contributed by atoms with Crippen LogP contribution in [0.15, 0.2) is 30.3 Å². The van der Waals surface area contributed by atoms with Crippen molar-refractivity contribution in [3.05, 3.63) is 35.9 Å². The predicted molar refractivity (Wildman–Crippen MR) is 123 cm³/mol. The van der Waals surface area contributed by atoms with Gasteiger partial charge >= 0.3 is 6.09 Å². The quantitative estimate of drug-likeness (QED) is 0.442. The van der Waals surface area contributed by atoms with E-state index in [1.807, 2.05) is 44.2 Å². The Morgan fingerprint density at radius 2 is 1.94 bits per heavy atom. The number of hydrogen-bond acceptors (Lipinski definition) is 5. The number of alkyl carbamates (subject to hydrolysis) is 1. The summed E-state index contributed by atoms with van der Waals surface area (Å²) in [6, 6.07) is 8.29. The topological polar surface area (TPSA) is 114 Å². The standard InChI is InChI=1S/C25H35N3O5/c1-17(2)13-21(23(31)27-20(16-29)14-19-9-12-26-22(19)30)28-24(32)33-25(10-6-11-25)15-18-7-4-3-5-8-18/h3-5,7-8,16-17,19-21H,6,9-15H2,1-2H3,(H,26,30)(H,27,31)(H,28,32). The highest BCUT2D eigenvalue weighted by Crippen LogP contribution is 2.38. The molecule has 0 aromatic heterocycles. The Balaban J connectivity index is 1.59. The molecule has 3 amide bonds. The molecule has 33 heavy (non-hydrogen) atoms. The Kier molecular flexibility index (Phi) is 8.47. The zero-order valence-corrected chi connectivity index (χ0v) is 19.5. The molecule has 1 aromatic rings. The minimum atomic E-state index is -0.828. The van der Waals surface area contributed by atoms with Gasteiger partial charge in [-0.25, -0.2) is 4.79 Å². The maximum Gasteiger partial charge on any atom is 0.408 e. The molecule has 0 bridgehead atoms. The molecule has 2 aliphatic rings. The van der Waals surface area contributed by atoms with Crippen LogP contribution in [0.2, 0.25) is 0 Å². The van der Waals surface area contributed by atoms with Gasteiger partial charge in [0.2, 0.25) is 11.8 Å². The zero-order valence-electron chi connectivity index (χ0n) is 19.5. The maximum absolute atomic E-state index is 12.9. The summed E-state index contributed by atoms with van der Waals surface area (Å²) in [4.78, 5) is 49.1. The second-order valence-electron chi connectivity index (χ2n) is 9.68. The Bertz CT molecular complexity index is 838. The highest BCUT2D eigenvalue weighted by atomic mass is 16.6. The molecule has 8 heteroatoms. The van der Waals surface area contributed by atoms with E-state index in [9.17, 15) is 19.2 Å². The van der Waals surface area contributed by atoms with Crippen LogP contribution in [0, 0.1) is 11.8 Å². The molecule has 8 nitrogen and oxygen atoms in total. The Morgan fingerprint density at radius 3 is 2.48 bits per heavy atom.